The van der Waals surface area contributed by atoms with E-state index in [0.29, 0.717) is 24.3 Å². The van der Waals surface area contributed by atoms with Crippen molar-refractivity contribution in [2.45, 2.75) is 31.8 Å². The molecule has 34 heavy (non-hydrogen) atoms. The number of hydrogen-bond acceptors (Lipinski definition) is 6. The molecule has 0 bridgehead atoms. The van der Waals surface area contributed by atoms with Gasteiger partial charge in [0.05, 0.1) is 36.3 Å². The molecular weight excluding hydrogens is 428 g/mol. The highest BCUT2D eigenvalue weighted by atomic mass is 16.5. The van der Waals surface area contributed by atoms with Crippen molar-refractivity contribution in [2.24, 2.45) is 7.05 Å². The van der Waals surface area contributed by atoms with E-state index in [1.54, 1.807) is 4.68 Å². The molecule has 1 fully saturated rings. The first-order valence-electron chi connectivity index (χ1n) is 11.6. The van der Waals surface area contributed by atoms with E-state index in [2.05, 4.69) is 49.9 Å². The second kappa shape index (κ2) is 7.53. The minimum atomic E-state index is 0. The van der Waals surface area contributed by atoms with Crippen LogP contribution in [0, 0.1) is 0 Å². The maximum absolute atomic E-state index is 5.52. The van der Waals surface area contributed by atoms with Crippen LogP contribution < -0.4 is 5.32 Å². The van der Waals surface area contributed by atoms with Gasteiger partial charge in [0.15, 0.2) is 5.82 Å². The number of H-pyrrole nitrogens is 2. The van der Waals surface area contributed by atoms with Gasteiger partial charge in [0.1, 0.15) is 5.82 Å². The Bertz CT molecular complexity index is 1500. The SMILES string of the molecule is Cn1nc(-c2ccc(-c3nc4c([nH]3)COCC4)cc2)nc1Nc1ccc2[nH]ncc2c1C1CC1.[HH].[HH].[HH]. The van der Waals surface area contributed by atoms with Crippen molar-refractivity contribution in [1.29, 1.82) is 0 Å². The quantitative estimate of drug-likeness (QED) is 0.335. The molecule has 0 amide bonds. The van der Waals surface area contributed by atoms with Gasteiger partial charge >= 0.3 is 0 Å². The van der Waals surface area contributed by atoms with Crippen LogP contribution in [0.25, 0.3) is 33.7 Å². The second-order valence-corrected chi connectivity index (χ2v) is 9.03. The van der Waals surface area contributed by atoms with Crippen LogP contribution >= 0.6 is 0 Å². The molecule has 1 aliphatic carbocycles. The van der Waals surface area contributed by atoms with E-state index < -0.39 is 0 Å². The lowest BCUT2D eigenvalue weighted by Crippen LogP contribution is -2.08. The number of benzene rings is 2. The number of nitrogens with one attached hydrogen (secondary N) is 3. The third-order valence-corrected chi connectivity index (χ3v) is 6.67. The number of anilines is 2. The van der Waals surface area contributed by atoms with Crippen molar-refractivity contribution < 1.29 is 9.02 Å². The summed E-state index contributed by atoms with van der Waals surface area (Å²) in [6.07, 6.45) is 5.19. The molecule has 7 rings (SSSR count). The molecule has 0 atom stereocenters. The number of ether oxygens (including phenoxy) is 1. The molecule has 3 N–H and O–H groups in total. The fraction of sp³-hybridized carbons (Fsp3) is 0.280. The summed E-state index contributed by atoms with van der Waals surface area (Å²) in [6, 6.07) is 12.4. The van der Waals surface area contributed by atoms with Crippen molar-refractivity contribution in [3.05, 3.63) is 59.5 Å². The molecule has 0 unspecified atom stereocenters. The molecule has 0 spiro atoms. The van der Waals surface area contributed by atoms with Gasteiger partial charge in [0.2, 0.25) is 5.95 Å². The van der Waals surface area contributed by atoms with Crippen molar-refractivity contribution in [1.82, 2.24) is 34.9 Å². The number of aromatic amines is 2. The summed E-state index contributed by atoms with van der Waals surface area (Å²) in [5.41, 5.74) is 7.62. The van der Waals surface area contributed by atoms with Crippen molar-refractivity contribution in [2.75, 3.05) is 11.9 Å². The first kappa shape index (κ1) is 19.5. The van der Waals surface area contributed by atoms with Crippen LogP contribution in [-0.2, 0) is 24.8 Å². The standard InChI is InChI=1S/C25H24N8O.3H2/c1-33-25(29-20-9-8-18-17(12-26-31-18)22(20)14-2-3-14)30-24(32-33)16-6-4-15(5-7-16)23-27-19-10-11-34-13-21(19)28-23;;;/h4-9,12,14H,2-3,10-11,13H2,1H3,(H,26,31)(H,27,28)(H,29,30,32);3*1H. The number of hydrogen-bond donors (Lipinski definition) is 3. The van der Waals surface area contributed by atoms with Crippen LogP contribution in [0.5, 0.6) is 0 Å². The maximum Gasteiger partial charge on any atom is 0.225 e. The van der Waals surface area contributed by atoms with Crippen molar-refractivity contribution in [3.8, 4) is 22.8 Å². The summed E-state index contributed by atoms with van der Waals surface area (Å²) in [6.45, 7) is 1.33. The van der Waals surface area contributed by atoms with E-state index in [1.165, 1.54) is 23.8 Å². The molecule has 176 valence electrons. The summed E-state index contributed by atoms with van der Waals surface area (Å²) in [4.78, 5) is 12.9. The van der Waals surface area contributed by atoms with Gasteiger partial charge < -0.3 is 15.0 Å². The summed E-state index contributed by atoms with van der Waals surface area (Å²) in [5, 5.41) is 16.7. The van der Waals surface area contributed by atoms with E-state index in [9.17, 15) is 0 Å². The molecular formula is C25H30N8O. The van der Waals surface area contributed by atoms with Gasteiger partial charge in [-0.3, -0.25) is 5.10 Å². The minimum Gasteiger partial charge on any atom is -0.375 e. The molecule has 4 heterocycles. The first-order chi connectivity index (χ1) is 16.7. The second-order valence-electron chi connectivity index (χ2n) is 9.03. The Morgan fingerprint density at radius 3 is 2.76 bits per heavy atom. The third kappa shape index (κ3) is 3.28. The lowest BCUT2D eigenvalue weighted by atomic mass is 10.0. The zero-order chi connectivity index (χ0) is 22.6. The average molecular weight is 459 g/mol. The predicted octanol–water partition coefficient (Wildman–Crippen LogP) is 5.18. The lowest BCUT2D eigenvalue weighted by molar-refractivity contribution is 0.107. The van der Waals surface area contributed by atoms with Crippen LogP contribution in [0.4, 0.5) is 11.6 Å². The molecule has 1 aliphatic heterocycles. The Morgan fingerprint density at radius 2 is 1.94 bits per heavy atom. The van der Waals surface area contributed by atoms with Crippen LogP contribution in [0.2, 0.25) is 0 Å². The van der Waals surface area contributed by atoms with Crippen LogP contribution in [0.3, 0.4) is 0 Å². The number of fused-ring (bicyclic) bond motifs is 2. The molecule has 0 saturated heterocycles. The van der Waals surface area contributed by atoms with Gasteiger partial charge in [-0.15, -0.1) is 5.10 Å². The van der Waals surface area contributed by atoms with Gasteiger partial charge in [-0.1, -0.05) is 24.3 Å². The highest BCUT2D eigenvalue weighted by molar-refractivity contribution is 5.89. The number of aromatic nitrogens is 7. The Hall–Kier alpha value is -3.98. The normalized spacial score (nSPS) is 15.6. The minimum absolute atomic E-state index is 0. The summed E-state index contributed by atoms with van der Waals surface area (Å²) in [7, 11) is 1.91. The van der Waals surface area contributed by atoms with E-state index in [4.69, 9.17) is 14.7 Å². The summed E-state index contributed by atoms with van der Waals surface area (Å²) < 4.78 is 7.31. The first-order valence-corrected chi connectivity index (χ1v) is 11.6. The molecule has 9 heteroatoms. The molecule has 9 nitrogen and oxygen atoms in total. The monoisotopic (exact) mass is 458 g/mol. The number of rotatable bonds is 5. The van der Waals surface area contributed by atoms with E-state index in [0.717, 1.165) is 52.6 Å². The van der Waals surface area contributed by atoms with Crippen LogP contribution in [0.1, 0.15) is 40.0 Å². The highest BCUT2D eigenvalue weighted by Crippen LogP contribution is 2.47. The van der Waals surface area contributed by atoms with Crippen molar-refractivity contribution >= 4 is 22.5 Å². The number of imidazole rings is 1. The molecule has 2 aromatic carbocycles. The van der Waals surface area contributed by atoms with Crippen LogP contribution in [0.15, 0.2) is 42.6 Å². The van der Waals surface area contributed by atoms with E-state index in [1.807, 2.05) is 25.4 Å². The Kier molecular flexibility index (Phi) is 4.31. The average Bonchev–Trinajstić information content (AvgIpc) is 3.26. The van der Waals surface area contributed by atoms with Gasteiger partial charge in [0.25, 0.3) is 0 Å². The molecule has 3 aromatic heterocycles. The van der Waals surface area contributed by atoms with Crippen molar-refractivity contribution in [3.63, 3.8) is 0 Å². The smallest absolute Gasteiger partial charge is 0.225 e. The number of aryl methyl sites for hydroxylation is 1. The van der Waals surface area contributed by atoms with E-state index in [-0.39, 0.29) is 4.28 Å². The zero-order valence-corrected chi connectivity index (χ0v) is 18.8. The Labute approximate surface area is 200 Å². The summed E-state index contributed by atoms with van der Waals surface area (Å²) >= 11 is 0. The van der Waals surface area contributed by atoms with E-state index >= 15 is 0 Å². The Morgan fingerprint density at radius 1 is 1.09 bits per heavy atom. The third-order valence-electron chi connectivity index (χ3n) is 6.67. The van der Waals surface area contributed by atoms with Gasteiger partial charge in [-0.25, -0.2) is 9.67 Å². The fourth-order valence-electron chi connectivity index (χ4n) is 4.72. The van der Waals surface area contributed by atoms with Gasteiger partial charge in [-0.2, -0.15) is 10.1 Å². The maximum atomic E-state index is 5.52. The molecule has 5 aromatic rings. The van der Waals surface area contributed by atoms with Gasteiger partial charge in [0, 0.05) is 39.9 Å². The topological polar surface area (TPSA) is 109 Å². The Balaban J connectivity index is 0.00000107. The molecule has 1 saturated carbocycles. The zero-order valence-electron chi connectivity index (χ0n) is 18.8. The number of nitrogens with zero attached hydrogens (tertiary/aromatic N) is 5. The molecule has 2 aliphatic rings. The summed E-state index contributed by atoms with van der Waals surface area (Å²) in [5.74, 6) is 2.84. The fourth-order valence-corrected chi connectivity index (χ4v) is 4.72. The lowest BCUT2D eigenvalue weighted by Gasteiger charge is -2.11. The highest BCUT2D eigenvalue weighted by Gasteiger charge is 2.29. The van der Waals surface area contributed by atoms with Crippen LogP contribution in [-0.4, -0.2) is 41.5 Å². The predicted molar refractivity (Wildman–Crippen MR) is 135 cm³/mol. The van der Waals surface area contributed by atoms with Gasteiger partial charge in [-0.05, 0) is 36.5 Å². The largest absolute Gasteiger partial charge is 0.375 e. The molecule has 0 radical (unpaired) electrons.